The number of methoxy groups -OCH3 is 1. The van der Waals surface area contributed by atoms with Crippen LogP contribution in [0.25, 0.3) is 11.0 Å². The van der Waals surface area contributed by atoms with Gasteiger partial charge in [0.05, 0.1) is 18.1 Å². The van der Waals surface area contributed by atoms with Crippen LogP contribution in [0.1, 0.15) is 25.7 Å². The smallest absolute Gasteiger partial charge is 0.166 e. The topological polar surface area (TPSA) is 58.1 Å². The van der Waals surface area contributed by atoms with E-state index in [2.05, 4.69) is 9.97 Å². The Kier molecular flexibility index (Phi) is 5.54. The zero-order valence-corrected chi connectivity index (χ0v) is 12.0. The van der Waals surface area contributed by atoms with Gasteiger partial charge in [0.2, 0.25) is 0 Å². The standard InChI is InChI=1S/C14H20N2O2S/c1-18-11-6-7-12-13(10-11)16-14(15-12)19-9-5-3-2-4-8-17/h6-7,10,17H,2-5,8-9H2,1H3,(H,15,16). The van der Waals surface area contributed by atoms with E-state index in [0.29, 0.717) is 6.61 Å². The van der Waals surface area contributed by atoms with Crippen molar-refractivity contribution in [1.82, 2.24) is 9.97 Å². The summed E-state index contributed by atoms with van der Waals surface area (Å²) < 4.78 is 5.19. The van der Waals surface area contributed by atoms with Gasteiger partial charge in [-0.25, -0.2) is 4.98 Å². The summed E-state index contributed by atoms with van der Waals surface area (Å²) in [6.45, 7) is 0.304. The zero-order chi connectivity index (χ0) is 13.5. The molecule has 2 aromatic rings. The predicted octanol–water partition coefficient (Wildman–Crippen LogP) is 3.22. The maximum atomic E-state index is 8.69. The molecule has 2 rings (SSSR count). The Labute approximate surface area is 117 Å². The highest BCUT2D eigenvalue weighted by Gasteiger charge is 2.04. The molecule has 19 heavy (non-hydrogen) atoms. The maximum absolute atomic E-state index is 8.69. The summed E-state index contributed by atoms with van der Waals surface area (Å²) in [6, 6.07) is 5.86. The van der Waals surface area contributed by atoms with Crippen LogP contribution in [0.2, 0.25) is 0 Å². The number of H-pyrrole nitrogens is 1. The molecular formula is C14H20N2O2S. The third-order valence-electron chi connectivity index (χ3n) is 2.96. The summed E-state index contributed by atoms with van der Waals surface area (Å²) in [7, 11) is 1.67. The molecule has 0 spiro atoms. The molecule has 1 heterocycles. The second kappa shape index (κ2) is 7.40. The highest BCUT2D eigenvalue weighted by Crippen LogP contribution is 2.23. The normalized spacial score (nSPS) is 11.1. The summed E-state index contributed by atoms with van der Waals surface area (Å²) in [5.41, 5.74) is 1.99. The summed E-state index contributed by atoms with van der Waals surface area (Å²) in [5, 5.41) is 9.66. The molecule has 0 fully saturated rings. The maximum Gasteiger partial charge on any atom is 0.166 e. The van der Waals surface area contributed by atoms with E-state index in [1.165, 1.54) is 6.42 Å². The van der Waals surface area contributed by atoms with E-state index in [1.807, 2.05) is 18.2 Å². The predicted molar refractivity (Wildman–Crippen MR) is 78.9 cm³/mol. The van der Waals surface area contributed by atoms with E-state index in [4.69, 9.17) is 9.84 Å². The van der Waals surface area contributed by atoms with Crippen molar-refractivity contribution < 1.29 is 9.84 Å². The fourth-order valence-corrected chi connectivity index (χ4v) is 2.78. The molecule has 0 aliphatic rings. The first-order chi connectivity index (χ1) is 9.33. The molecule has 0 radical (unpaired) electrons. The Bertz CT molecular complexity index is 513. The van der Waals surface area contributed by atoms with E-state index >= 15 is 0 Å². The van der Waals surface area contributed by atoms with Gasteiger partial charge in [-0.15, -0.1) is 0 Å². The Morgan fingerprint density at radius 2 is 2.11 bits per heavy atom. The van der Waals surface area contributed by atoms with Gasteiger partial charge in [-0.1, -0.05) is 24.6 Å². The zero-order valence-electron chi connectivity index (χ0n) is 11.2. The van der Waals surface area contributed by atoms with Crippen molar-refractivity contribution in [2.75, 3.05) is 19.5 Å². The highest BCUT2D eigenvalue weighted by atomic mass is 32.2. The van der Waals surface area contributed by atoms with Crippen LogP contribution in [-0.4, -0.2) is 34.5 Å². The van der Waals surface area contributed by atoms with Crippen LogP contribution in [0.3, 0.4) is 0 Å². The van der Waals surface area contributed by atoms with Gasteiger partial charge >= 0.3 is 0 Å². The molecule has 0 bridgehead atoms. The number of aromatic amines is 1. The fraction of sp³-hybridized carbons (Fsp3) is 0.500. The number of fused-ring (bicyclic) bond motifs is 1. The second-order valence-electron chi connectivity index (χ2n) is 4.41. The summed E-state index contributed by atoms with van der Waals surface area (Å²) >= 11 is 1.75. The van der Waals surface area contributed by atoms with Crippen molar-refractivity contribution in [3.63, 3.8) is 0 Å². The van der Waals surface area contributed by atoms with Gasteiger partial charge in [0.25, 0.3) is 0 Å². The van der Waals surface area contributed by atoms with Crippen LogP contribution in [0.4, 0.5) is 0 Å². The number of benzene rings is 1. The van der Waals surface area contributed by atoms with Gasteiger partial charge in [0.15, 0.2) is 5.16 Å². The number of aromatic nitrogens is 2. The number of aliphatic hydroxyl groups is 1. The number of ether oxygens (including phenoxy) is 1. The first-order valence-electron chi connectivity index (χ1n) is 6.61. The molecule has 0 aliphatic heterocycles. The number of imidazole rings is 1. The van der Waals surface area contributed by atoms with Crippen LogP contribution < -0.4 is 4.74 Å². The molecule has 1 aromatic carbocycles. The molecule has 0 saturated carbocycles. The Hall–Kier alpha value is -1.20. The SMILES string of the molecule is COc1ccc2nc(SCCCCCCO)[nH]c2c1. The fourth-order valence-electron chi connectivity index (χ4n) is 1.90. The minimum atomic E-state index is 0.304. The Balaban J connectivity index is 1.84. The van der Waals surface area contributed by atoms with Gasteiger partial charge in [0, 0.05) is 18.4 Å². The van der Waals surface area contributed by atoms with Crippen LogP contribution in [0.5, 0.6) is 5.75 Å². The quantitative estimate of drug-likeness (QED) is 0.576. The molecule has 104 valence electrons. The third kappa shape index (κ3) is 4.14. The number of thioether (sulfide) groups is 1. The van der Waals surface area contributed by atoms with Crippen molar-refractivity contribution in [2.24, 2.45) is 0 Å². The first kappa shape index (κ1) is 14.2. The lowest BCUT2D eigenvalue weighted by molar-refractivity contribution is 0.283. The van der Waals surface area contributed by atoms with Crippen LogP contribution in [-0.2, 0) is 0 Å². The number of aliphatic hydroxyl groups excluding tert-OH is 1. The second-order valence-corrected chi connectivity index (χ2v) is 5.49. The molecule has 0 amide bonds. The highest BCUT2D eigenvalue weighted by molar-refractivity contribution is 7.99. The third-order valence-corrected chi connectivity index (χ3v) is 3.92. The molecular weight excluding hydrogens is 260 g/mol. The molecule has 0 aliphatic carbocycles. The average Bonchev–Trinajstić information content (AvgIpc) is 2.84. The van der Waals surface area contributed by atoms with E-state index in [9.17, 15) is 0 Å². The number of rotatable bonds is 8. The van der Waals surface area contributed by atoms with Gasteiger partial charge in [-0.2, -0.15) is 0 Å². The lowest BCUT2D eigenvalue weighted by atomic mass is 10.2. The van der Waals surface area contributed by atoms with E-state index in [1.54, 1.807) is 18.9 Å². The summed E-state index contributed by atoms with van der Waals surface area (Å²) in [4.78, 5) is 7.84. The molecule has 0 unspecified atom stereocenters. The number of nitrogens with zero attached hydrogens (tertiary/aromatic N) is 1. The number of hydrogen-bond donors (Lipinski definition) is 2. The largest absolute Gasteiger partial charge is 0.497 e. The Morgan fingerprint density at radius 1 is 1.26 bits per heavy atom. The number of hydrogen-bond acceptors (Lipinski definition) is 4. The summed E-state index contributed by atoms with van der Waals surface area (Å²) in [6.07, 6.45) is 4.34. The summed E-state index contributed by atoms with van der Waals surface area (Å²) in [5.74, 6) is 1.90. The van der Waals surface area contributed by atoms with Crippen LogP contribution >= 0.6 is 11.8 Å². The van der Waals surface area contributed by atoms with Gasteiger partial charge in [-0.3, -0.25) is 0 Å². The molecule has 5 heteroatoms. The Morgan fingerprint density at radius 3 is 2.89 bits per heavy atom. The number of nitrogens with one attached hydrogen (secondary N) is 1. The van der Waals surface area contributed by atoms with Gasteiger partial charge < -0.3 is 14.8 Å². The van der Waals surface area contributed by atoms with E-state index in [0.717, 1.165) is 47.0 Å². The first-order valence-corrected chi connectivity index (χ1v) is 7.59. The van der Waals surface area contributed by atoms with Crippen molar-refractivity contribution in [3.8, 4) is 5.75 Å². The van der Waals surface area contributed by atoms with Gasteiger partial charge in [-0.05, 0) is 25.0 Å². The average molecular weight is 280 g/mol. The number of unbranched alkanes of at least 4 members (excludes halogenated alkanes) is 3. The molecule has 4 nitrogen and oxygen atoms in total. The molecule has 0 atom stereocenters. The monoisotopic (exact) mass is 280 g/mol. The lowest BCUT2D eigenvalue weighted by Gasteiger charge is -1.98. The van der Waals surface area contributed by atoms with Crippen LogP contribution in [0, 0.1) is 0 Å². The van der Waals surface area contributed by atoms with Crippen molar-refractivity contribution >= 4 is 22.8 Å². The lowest BCUT2D eigenvalue weighted by Crippen LogP contribution is -1.86. The molecule has 2 N–H and O–H groups in total. The van der Waals surface area contributed by atoms with E-state index < -0.39 is 0 Å². The van der Waals surface area contributed by atoms with Gasteiger partial charge in [0.1, 0.15) is 5.75 Å². The van der Waals surface area contributed by atoms with E-state index in [-0.39, 0.29) is 0 Å². The minimum absolute atomic E-state index is 0.304. The molecule has 1 aromatic heterocycles. The molecule has 0 saturated heterocycles. The van der Waals surface area contributed by atoms with Crippen molar-refractivity contribution in [1.29, 1.82) is 0 Å². The van der Waals surface area contributed by atoms with Crippen LogP contribution in [0.15, 0.2) is 23.4 Å². The minimum Gasteiger partial charge on any atom is -0.497 e. The van der Waals surface area contributed by atoms with Crippen molar-refractivity contribution in [2.45, 2.75) is 30.8 Å². The van der Waals surface area contributed by atoms with Crippen molar-refractivity contribution in [3.05, 3.63) is 18.2 Å².